The molecule has 0 amide bonds. The summed E-state index contributed by atoms with van der Waals surface area (Å²) in [5.41, 5.74) is -0.606. The summed E-state index contributed by atoms with van der Waals surface area (Å²) in [5, 5.41) is 0. The number of hydrogen-bond acceptors (Lipinski definition) is 15. The lowest BCUT2D eigenvalue weighted by Crippen LogP contribution is -2.33. The number of carbonyl (C=O) groups is 1. The van der Waals surface area contributed by atoms with Crippen LogP contribution in [0.25, 0.3) is 0 Å². The van der Waals surface area contributed by atoms with Crippen LogP contribution in [0, 0.1) is 6.92 Å². The van der Waals surface area contributed by atoms with Crippen LogP contribution in [0.5, 0.6) is 5.75 Å². The van der Waals surface area contributed by atoms with Gasteiger partial charge in [0.05, 0.1) is 26.0 Å². The van der Waals surface area contributed by atoms with Crippen LogP contribution in [0.15, 0.2) is 52.2 Å². The van der Waals surface area contributed by atoms with E-state index in [1.165, 1.54) is 114 Å². The Morgan fingerprint density at radius 3 is 1.85 bits per heavy atom. The van der Waals surface area contributed by atoms with E-state index in [-0.39, 0.29) is 43.0 Å². The Morgan fingerprint density at radius 1 is 0.742 bits per heavy atom. The number of H-pyrrole nitrogens is 1. The van der Waals surface area contributed by atoms with Gasteiger partial charge in [0.2, 0.25) is 0 Å². The molecule has 356 valence electrons. The monoisotopic (exact) mass is 940 g/mol. The van der Waals surface area contributed by atoms with Crippen LogP contribution in [-0.2, 0) is 47.4 Å². The third-order valence-electron chi connectivity index (χ3n) is 9.62. The zero-order valence-corrected chi connectivity index (χ0v) is 39.3. The van der Waals surface area contributed by atoms with Gasteiger partial charge in [-0.05, 0) is 43.5 Å². The number of hydrogen-bond donors (Lipinski definition) is 5. The van der Waals surface area contributed by atoms with Crippen LogP contribution >= 0.6 is 23.2 Å². The summed E-state index contributed by atoms with van der Waals surface area (Å²) in [6.07, 6.45) is 20.4. The number of aromatic amines is 1. The van der Waals surface area contributed by atoms with Gasteiger partial charge in [-0.25, -0.2) is 23.0 Å². The third kappa shape index (κ3) is 23.3. The number of benzene rings is 1. The van der Waals surface area contributed by atoms with E-state index >= 15 is 0 Å². The first-order valence-corrected chi connectivity index (χ1v) is 25.9. The van der Waals surface area contributed by atoms with Crippen molar-refractivity contribution < 1.29 is 60.2 Å². The molecule has 22 heteroatoms. The number of rotatable bonds is 32. The lowest BCUT2D eigenvalue weighted by atomic mass is 10.0. The third-order valence-corrected chi connectivity index (χ3v) is 14.9. The Balaban J connectivity index is 0.00000961. The van der Waals surface area contributed by atoms with Gasteiger partial charge in [0.25, 0.3) is 5.56 Å². The van der Waals surface area contributed by atoms with Gasteiger partial charge in [0, 0.05) is 11.8 Å². The maximum absolute atomic E-state index is 13.9. The zero-order valence-electron chi connectivity index (χ0n) is 36.7. The molecular formula is C40H71N4O15P3. The first-order chi connectivity index (χ1) is 28.6. The Morgan fingerprint density at radius 2 is 1.29 bits per heavy atom. The van der Waals surface area contributed by atoms with E-state index in [1.807, 2.05) is 6.92 Å². The molecule has 5 atom stereocenters. The number of aryl methyl sites for hydroxylation is 1. The first kappa shape index (κ1) is 57.3. The van der Waals surface area contributed by atoms with Crippen LogP contribution in [0.2, 0.25) is 0 Å². The van der Waals surface area contributed by atoms with Gasteiger partial charge in [0.15, 0.2) is 6.23 Å². The SMILES string of the molecule is CCCCCCCCCCCCCCCCCCP(=O)(OCc1ccc(OC(=O)OCCCC)cc1)OP(=O)(O)OP(=O)(O)OC[C@@H]1C=C[C@H](n2cc(C)c(=O)[nH]c2=O)O1.N.N. The van der Waals surface area contributed by atoms with Crippen LogP contribution < -0.4 is 28.3 Å². The van der Waals surface area contributed by atoms with Crippen molar-refractivity contribution >= 4 is 29.4 Å². The van der Waals surface area contributed by atoms with Gasteiger partial charge in [-0.15, -0.1) is 0 Å². The number of carbonyl (C=O) groups excluding carboxylic acids is 1. The molecule has 0 saturated heterocycles. The molecule has 1 aromatic heterocycles. The Bertz CT molecular complexity index is 1880. The number of aromatic nitrogens is 2. The number of nitrogens with zero attached hydrogens (tertiary/aromatic N) is 1. The van der Waals surface area contributed by atoms with Crippen LogP contribution in [0.1, 0.15) is 147 Å². The molecule has 1 aromatic carbocycles. The standard InChI is InChI=1S/C40H65N2O15P3.2H3N/c1-4-6-8-9-10-11-12-13-14-15-16-17-18-19-20-21-29-58(46,52-31-34-22-24-35(25-23-34)55-40(45)51-28-7-5-2)56-60(49,50)57-59(47,48)53-32-36-26-27-37(54-36)42-30-33(3)38(43)41-39(42)44;;/h22-27,30,36-37H,4-21,28-29,31-32H2,1-3H3,(H,47,48)(H,49,50)(H,41,43,44);2*1H3/t36-,37+,58?;;/m0../s1. The second-order valence-corrected chi connectivity index (χ2v) is 20.3. The van der Waals surface area contributed by atoms with E-state index in [4.69, 9.17) is 27.6 Å². The predicted molar refractivity (Wildman–Crippen MR) is 237 cm³/mol. The van der Waals surface area contributed by atoms with E-state index in [0.717, 1.165) is 36.7 Å². The molecule has 2 aromatic rings. The average molecular weight is 941 g/mol. The first-order valence-electron chi connectivity index (χ1n) is 21.2. The number of phosphoric acid groups is 2. The van der Waals surface area contributed by atoms with Crippen LogP contribution in [-0.4, -0.2) is 51.0 Å². The topological polar surface area (TPSA) is 298 Å². The molecule has 9 N–H and O–H groups in total. The molecule has 19 nitrogen and oxygen atoms in total. The lowest BCUT2D eigenvalue weighted by molar-refractivity contribution is -0.0104. The van der Waals surface area contributed by atoms with Gasteiger partial charge in [-0.3, -0.25) is 23.4 Å². The second-order valence-electron chi connectivity index (χ2n) is 14.9. The molecule has 0 saturated carbocycles. The maximum atomic E-state index is 13.9. The van der Waals surface area contributed by atoms with E-state index in [1.54, 1.807) is 0 Å². The zero-order chi connectivity index (χ0) is 43.9. The normalized spacial score (nSPS) is 17.6. The fourth-order valence-electron chi connectivity index (χ4n) is 6.25. The minimum Gasteiger partial charge on any atom is -0.434 e. The van der Waals surface area contributed by atoms with Gasteiger partial charge >= 0.3 is 35.1 Å². The van der Waals surface area contributed by atoms with Crippen molar-refractivity contribution in [3.8, 4) is 5.75 Å². The second kappa shape index (κ2) is 30.4. The molecule has 0 spiro atoms. The Hall–Kier alpha value is -2.76. The van der Waals surface area contributed by atoms with Crippen molar-refractivity contribution in [2.24, 2.45) is 0 Å². The van der Waals surface area contributed by atoms with Gasteiger partial charge in [-0.2, -0.15) is 4.31 Å². The number of unbranched alkanes of at least 4 members (excludes halogenated alkanes) is 16. The summed E-state index contributed by atoms with van der Waals surface area (Å²) >= 11 is 0. The highest BCUT2D eigenvalue weighted by Gasteiger charge is 2.43. The van der Waals surface area contributed by atoms with Crippen molar-refractivity contribution in [3.05, 3.63) is 74.6 Å². The molecule has 1 aliphatic heterocycles. The summed E-state index contributed by atoms with van der Waals surface area (Å²) in [6.45, 7) is 4.90. The summed E-state index contributed by atoms with van der Waals surface area (Å²) in [5.74, 6) is 0.189. The van der Waals surface area contributed by atoms with E-state index in [9.17, 15) is 37.9 Å². The number of nitrogens with one attached hydrogen (secondary N) is 1. The molecule has 3 unspecified atom stereocenters. The summed E-state index contributed by atoms with van der Waals surface area (Å²) in [4.78, 5) is 58.9. The lowest BCUT2D eigenvalue weighted by Gasteiger charge is -2.23. The molecule has 3 rings (SSSR count). The number of ether oxygens (including phenoxy) is 3. The van der Waals surface area contributed by atoms with Crippen molar-refractivity contribution in [1.82, 2.24) is 21.9 Å². The van der Waals surface area contributed by atoms with Crippen molar-refractivity contribution in [2.75, 3.05) is 19.4 Å². The minimum absolute atomic E-state index is 0. The molecular weight excluding hydrogens is 869 g/mol. The quantitative estimate of drug-likeness (QED) is 0.0150. The van der Waals surface area contributed by atoms with Gasteiger partial charge < -0.3 is 40.8 Å². The fourth-order valence-corrected chi connectivity index (χ4v) is 11.1. The Labute approximate surface area is 365 Å². The number of phosphoric ester groups is 1. The molecule has 0 bridgehead atoms. The molecule has 1 aliphatic rings. The van der Waals surface area contributed by atoms with Crippen molar-refractivity contribution in [2.45, 2.75) is 155 Å². The minimum atomic E-state index is -5.56. The van der Waals surface area contributed by atoms with E-state index < -0.39 is 59.6 Å². The van der Waals surface area contributed by atoms with E-state index in [2.05, 4.69) is 16.2 Å². The van der Waals surface area contributed by atoms with Crippen molar-refractivity contribution in [3.63, 3.8) is 0 Å². The van der Waals surface area contributed by atoms with Crippen LogP contribution in [0.3, 0.4) is 0 Å². The van der Waals surface area contributed by atoms with Crippen LogP contribution in [0.4, 0.5) is 4.79 Å². The highest BCUT2D eigenvalue weighted by atomic mass is 31.3. The molecule has 2 heterocycles. The summed E-state index contributed by atoms with van der Waals surface area (Å²) < 4.78 is 76.7. The predicted octanol–water partition coefficient (Wildman–Crippen LogP) is 10.9. The average Bonchev–Trinajstić information content (AvgIpc) is 3.66. The smallest absolute Gasteiger partial charge is 0.434 e. The Kier molecular flexibility index (Phi) is 28.1. The molecule has 0 fully saturated rings. The van der Waals surface area contributed by atoms with Crippen molar-refractivity contribution in [1.29, 1.82) is 0 Å². The molecule has 62 heavy (non-hydrogen) atoms. The fraction of sp³-hybridized carbons (Fsp3) is 0.675. The largest absolute Gasteiger partial charge is 0.513 e. The van der Waals surface area contributed by atoms with Gasteiger partial charge in [-0.1, -0.05) is 135 Å². The molecule has 0 radical (unpaired) electrons. The molecule has 0 aliphatic carbocycles. The summed E-state index contributed by atoms with van der Waals surface area (Å²) in [6, 6.07) is 5.98. The van der Waals surface area contributed by atoms with E-state index in [0.29, 0.717) is 24.8 Å². The highest BCUT2D eigenvalue weighted by Crippen LogP contribution is 2.69. The summed E-state index contributed by atoms with van der Waals surface area (Å²) in [7, 11) is -15.3. The van der Waals surface area contributed by atoms with Gasteiger partial charge in [0.1, 0.15) is 11.9 Å². The highest BCUT2D eigenvalue weighted by molar-refractivity contribution is 7.68. The maximum Gasteiger partial charge on any atom is 0.513 e.